The number of carbonyl (C=O) groups is 1. The fourth-order valence-corrected chi connectivity index (χ4v) is 4.47. The first-order valence-corrected chi connectivity index (χ1v) is 13.9. The lowest BCUT2D eigenvalue weighted by Crippen LogP contribution is -2.02. The molecule has 1 fully saturated rings. The minimum atomic E-state index is 0.263. The first kappa shape index (κ1) is 29.7. The van der Waals surface area contributed by atoms with Crippen LogP contribution in [-0.2, 0) is 17.8 Å². The third-order valence-electron chi connectivity index (χ3n) is 6.86. The highest BCUT2D eigenvalue weighted by Gasteiger charge is 2.42. The Labute approximate surface area is 234 Å². The maximum atomic E-state index is 12.2. The van der Waals surface area contributed by atoms with Crippen LogP contribution in [0.4, 0.5) is 0 Å². The van der Waals surface area contributed by atoms with E-state index in [1.165, 1.54) is 11.1 Å². The van der Waals surface area contributed by atoms with Gasteiger partial charge in [0.2, 0.25) is 0 Å². The van der Waals surface area contributed by atoms with Crippen molar-refractivity contribution in [3.63, 3.8) is 0 Å². The lowest BCUT2D eigenvalue weighted by atomic mass is 10.0. The maximum Gasteiger partial charge on any atom is 0.161 e. The Hall–Kier alpha value is -3.85. The Morgan fingerprint density at radius 2 is 1.64 bits per heavy atom. The van der Waals surface area contributed by atoms with Gasteiger partial charge in [-0.05, 0) is 67.3 Å². The van der Waals surface area contributed by atoms with E-state index in [1.807, 2.05) is 79.8 Å². The van der Waals surface area contributed by atoms with E-state index in [2.05, 4.69) is 43.8 Å². The van der Waals surface area contributed by atoms with Crippen molar-refractivity contribution >= 4 is 5.78 Å². The summed E-state index contributed by atoms with van der Waals surface area (Å²) in [6, 6.07) is 26.6. The lowest BCUT2D eigenvalue weighted by molar-refractivity contribution is -0.120. The monoisotopic (exact) mass is 522 g/mol. The highest BCUT2D eigenvalue weighted by molar-refractivity contribution is 5.85. The molecule has 3 aromatic rings. The van der Waals surface area contributed by atoms with Gasteiger partial charge in [-0.25, -0.2) is 0 Å². The summed E-state index contributed by atoms with van der Waals surface area (Å²) in [5.41, 5.74) is 4.81. The molecule has 3 nitrogen and oxygen atoms in total. The van der Waals surface area contributed by atoms with Crippen molar-refractivity contribution < 1.29 is 14.3 Å². The summed E-state index contributed by atoms with van der Waals surface area (Å²) in [7, 11) is 1.67. The Bertz CT molecular complexity index is 1220. The summed E-state index contributed by atoms with van der Waals surface area (Å²) >= 11 is 0. The number of Topliss-reactive ketones (excluding diaryl/α,β-unsaturated/α-hetero) is 1. The Morgan fingerprint density at radius 3 is 2.31 bits per heavy atom. The second-order valence-corrected chi connectivity index (χ2v) is 9.84. The van der Waals surface area contributed by atoms with Gasteiger partial charge in [0.1, 0.15) is 12.4 Å². The normalized spacial score (nSPS) is 16.0. The van der Waals surface area contributed by atoms with Gasteiger partial charge in [-0.15, -0.1) is 0 Å². The molecular weight excluding hydrogens is 480 g/mol. The summed E-state index contributed by atoms with van der Waals surface area (Å²) in [6.45, 7) is 8.69. The number of ether oxygens (including phenoxy) is 2. The summed E-state index contributed by atoms with van der Waals surface area (Å²) in [4.78, 5) is 12.2. The Morgan fingerprint density at radius 1 is 0.923 bits per heavy atom. The predicted molar refractivity (Wildman–Crippen MR) is 162 cm³/mol. The zero-order valence-electron chi connectivity index (χ0n) is 23.6. The van der Waals surface area contributed by atoms with Crippen LogP contribution in [0.1, 0.15) is 62.1 Å². The molecule has 39 heavy (non-hydrogen) atoms. The third kappa shape index (κ3) is 10.1. The van der Waals surface area contributed by atoms with Crippen molar-refractivity contribution in [3.8, 4) is 11.5 Å². The Kier molecular flexibility index (Phi) is 12.3. The number of rotatable bonds is 13. The van der Waals surface area contributed by atoms with Crippen LogP contribution in [0.2, 0.25) is 0 Å². The number of allylic oxidation sites excluding steroid dienone is 5. The fourth-order valence-electron chi connectivity index (χ4n) is 4.47. The summed E-state index contributed by atoms with van der Waals surface area (Å²) in [6.07, 6.45) is 12.5. The van der Waals surface area contributed by atoms with Gasteiger partial charge in [0.25, 0.3) is 0 Å². The van der Waals surface area contributed by atoms with E-state index in [4.69, 9.17) is 9.47 Å². The number of methoxy groups -OCH3 is 1. The van der Waals surface area contributed by atoms with Gasteiger partial charge in [-0.2, -0.15) is 0 Å². The molecule has 1 aliphatic rings. The van der Waals surface area contributed by atoms with Gasteiger partial charge in [0.05, 0.1) is 7.11 Å². The average molecular weight is 523 g/mol. The van der Waals surface area contributed by atoms with Crippen LogP contribution >= 0.6 is 0 Å². The molecule has 0 heterocycles. The van der Waals surface area contributed by atoms with E-state index in [9.17, 15) is 4.79 Å². The summed E-state index contributed by atoms with van der Waals surface area (Å²) < 4.78 is 11.1. The first-order valence-electron chi connectivity index (χ1n) is 13.9. The summed E-state index contributed by atoms with van der Waals surface area (Å²) in [5.74, 6) is 2.74. The number of hydrogen-bond donors (Lipinski definition) is 0. The van der Waals surface area contributed by atoms with Crippen molar-refractivity contribution in [1.82, 2.24) is 0 Å². The van der Waals surface area contributed by atoms with Crippen molar-refractivity contribution in [3.05, 3.63) is 132 Å². The Balaban J connectivity index is 0.000000218. The van der Waals surface area contributed by atoms with Gasteiger partial charge in [0.15, 0.2) is 11.5 Å². The maximum absolute atomic E-state index is 12.2. The molecule has 1 saturated carbocycles. The first-order chi connectivity index (χ1) is 19.0. The largest absolute Gasteiger partial charge is 0.493 e. The van der Waals surface area contributed by atoms with E-state index in [0.29, 0.717) is 24.7 Å². The molecule has 2 unspecified atom stereocenters. The average Bonchev–Trinajstić information content (AvgIpc) is 3.79. The van der Waals surface area contributed by atoms with Crippen LogP contribution in [-0.4, -0.2) is 12.9 Å². The lowest BCUT2D eigenvalue weighted by Gasteiger charge is -2.11. The third-order valence-corrected chi connectivity index (χ3v) is 6.86. The second kappa shape index (κ2) is 16.2. The van der Waals surface area contributed by atoms with E-state index in [0.717, 1.165) is 48.3 Å². The molecule has 0 radical (unpaired) electrons. The molecule has 0 aromatic heterocycles. The van der Waals surface area contributed by atoms with Crippen LogP contribution in [0.3, 0.4) is 0 Å². The second-order valence-electron chi connectivity index (χ2n) is 9.84. The van der Waals surface area contributed by atoms with Crippen molar-refractivity contribution in [1.29, 1.82) is 0 Å². The highest BCUT2D eigenvalue weighted by atomic mass is 16.5. The highest BCUT2D eigenvalue weighted by Crippen LogP contribution is 2.48. The standard InChI is InChI=1S/C20H24O.C16H18O2/c1-3-4-6-10-16(2)11-9-14-20(21)19-15-18(19)17-12-7-5-8-13-17;1-3-13-9-10-15(16(11-13)17-2)18-12-14-7-5-4-6-8-14/h3-8,10,12-13,18-19H,2,9,11,14-15H2,1H3;4-11H,3,12H2,1-2H3/b4-3-,10-6-;. The van der Waals surface area contributed by atoms with E-state index in [1.54, 1.807) is 7.11 Å². The van der Waals surface area contributed by atoms with Gasteiger partial charge in [-0.3, -0.25) is 4.79 Å². The van der Waals surface area contributed by atoms with E-state index in [-0.39, 0.29) is 5.92 Å². The smallest absolute Gasteiger partial charge is 0.161 e. The molecule has 2 atom stereocenters. The molecule has 0 bridgehead atoms. The molecule has 1 aliphatic carbocycles. The topological polar surface area (TPSA) is 35.5 Å². The number of hydrogen-bond acceptors (Lipinski definition) is 3. The molecule has 4 rings (SSSR count). The minimum Gasteiger partial charge on any atom is -0.493 e. The molecule has 0 spiro atoms. The van der Waals surface area contributed by atoms with E-state index < -0.39 is 0 Å². The molecule has 3 heteroatoms. The zero-order valence-corrected chi connectivity index (χ0v) is 23.6. The molecule has 0 amide bonds. The quantitative estimate of drug-likeness (QED) is 0.210. The number of ketones is 1. The fraction of sp³-hybridized carbons (Fsp3) is 0.306. The number of aryl methyl sites for hydroxylation is 1. The number of benzene rings is 3. The van der Waals surface area contributed by atoms with Crippen molar-refractivity contribution in [2.75, 3.05) is 7.11 Å². The van der Waals surface area contributed by atoms with Crippen LogP contribution in [0.5, 0.6) is 11.5 Å². The van der Waals surface area contributed by atoms with Crippen LogP contribution in [0, 0.1) is 5.92 Å². The predicted octanol–water partition coefficient (Wildman–Crippen LogP) is 9.05. The molecule has 0 aliphatic heterocycles. The van der Waals surface area contributed by atoms with Gasteiger partial charge < -0.3 is 9.47 Å². The van der Waals surface area contributed by atoms with Gasteiger partial charge in [-0.1, -0.05) is 110 Å². The van der Waals surface area contributed by atoms with Crippen LogP contribution in [0.25, 0.3) is 0 Å². The molecule has 0 saturated heterocycles. The molecular formula is C36H42O3. The molecule has 204 valence electrons. The molecule has 0 N–H and O–H groups in total. The van der Waals surface area contributed by atoms with Gasteiger partial charge in [0, 0.05) is 12.3 Å². The van der Waals surface area contributed by atoms with Crippen molar-refractivity contribution in [2.45, 2.75) is 58.5 Å². The molecule has 3 aromatic carbocycles. The van der Waals surface area contributed by atoms with Crippen molar-refractivity contribution in [2.24, 2.45) is 5.92 Å². The zero-order chi connectivity index (χ0) is 27.9. The summed E-state index contributed by atoms with van der Waals surface area (Å²) in [5, 5.41) is 0. The van der Waals surface area contributed by atoms with Crippen LogP contribution in [0.15, 0.2) is 115 Å². The van der Waals surface area contributed by atoms with Gasteiger partial charge >= 0.3 is 0 Å². The van der Waals surface area contributed by atoms with E-state index >= 15 is 0 Å². The SMILES string of the molecule is C=C(/C=C\C=C/C)CCCC(=O)C1CC1c1ccccc1.CCc1ccc(OCc2ccccc2)c(OC)c1. The van der Waals surface area contributed by atoms with Crippen LogP contribution < -0.4 is 9.47 Å². The minimum absolute atomic E-state index is 0.263. The number of carbonyl (C=O) groups excluding carboxylic acids is 1.